The van der Waals surface area contributed by atoms with Gasteiger partial charge in [-0.1, -0.05) is 12.1 Å². The second kappa shape index (κ2) is 6.09. The Kier molecular flexibility index (Phi) is 4.19. The first kappa shape index (κ1) is 14.4. The molecule has 0 bridgehead atoms. The van der Waals surface area contributed by atoms with Gasteiger partial charge in [0.1, 0.15) is 0 Å². The lowest BCUT2D eigenvalue weighted by atomic mass is 9.89. The summed E-state index contributed by atoms with van der Waals surface area (Å²) in [6, 6.07) is 7.12. The van der Waals surface area contributed by atoms with Crippen molar-refractivity contribution in [1.29, 1.82) is 0 Å². The summed E-state index contributed by atoms with van der Waals surface area (Å²) in [5, 5.41) is 14.2. The van der Waals surface area contributed by atoms with Gasteiger partial charge in [-0.25, -0.2) is 0 Å². The maximum atomic E-state index is 10.6. The van der Waals surface area contributed by atoms with Gasteiger partial charge in [0.05, 0.1) is 17.1 Å². The van der Waals surface area contributed by atoms with Crippen molar-refractivity contribution in [3.63, 3.8) is 0 Å². The monoisotopic (exact) mass is 292 g/mol. The van der Waals surface area contributed by atoms with Crippen molar-refractivity contribution < 1.29 is 14.4 Å². The predicted octanol–water partition coefficient (Wildman–Crippen LogP) is 2.02. The van der Waals surface area contributed by atoms with Crippen LogP contribution < -0.4 is 5.32 Å². The summed E-state index contributed by atoms with van der Waals surface area (Å²) in [7, 11) is 0. The molecule has 21 heavy (non-hydrogen) atoms. The highest BCUT2D eigenvalue weighted by Gasteiger charge is 2.40. The van der Waals surface area contributed by atoms with Crippen LogP contribution in [0, 0.1) is 10.1 Å². The fraction of sp³-hybridized carbons (Fsp3) is 0.600. The molecule has 2 unspecified atom stereocenters. The molecular weight excluding hydrogens is 272 g/mol. The molecule has 1 aromatic rings. The maximum absolute atomic E-state index is 10.6. The smallest absolute Gasteiger partial charge is 0.269 e. The van der Waals surface area contributed by atoms with E-state index in [0.29, 0.717) is 12.6 Å². The van der Waals surface area contributed by atoms with E-state index in [1.165, 1.54) is 0 Å². The summed E-state index contributed by atoms with van der Waals surface area (Å²) < 4.78 is 11.4. The highest BCUT2D eigenvalue weighted by atomic mass is 16.6. The van der Waals surface area contributed by atoms with E-state index >= 15 is 0 Å². The Hall–Kier alpha value is -1.50. The summed E-state index contributed by atoms with van der Waals surface area (Å²) >= 11 is 0. The van der Waals surface area contributed by atoms with E-state index in [1.54, 1.807) is 24.3 Å². The molecule has 0 saturated carbocycles. The molecule has 114 valence electrons. The number of hydrogen-bond acceptors (Lipinski definition) is 5. The van der Waals surface area contributed by atoms with Crippen molar-refractivity contribution in [3.8, 4) is 0 Å². The van der Waals surface area contributed by atoms with Crippen LogP contribution in [0.3, 0.4) is 0 Å². The molecule has 3 rings (SSSR count). The van der Waals surface area contributed by atoms with Gasteiger partial charge >= 0.3 is 0 Å². The van der Waals surface area contributed by atoms with E-state index < -0.39 is 0 Å². The Labute approximate surface area is 123 Å². The Morgan fingerprint density at radius 3 is 2.81 bits per heavy atom. The van der Waals surface area contributed by atoms with Crippen LogP contribution in [0.1, 0.15) is 24.8 Å². The zero-order chi connectivity index (χ0) is 14.7. The molecule has 6 nitrogen and oxygen atoms in total. The average molecular weight is 292 g/mol. The second-order valence-corrected chi connectivity index (χ2v) is 5.83. The predicted molar refractivity (Wildman–Crippen MR) is 77.1 cm³/mol. The van der Waals surface area contributed by atoms with Crippen molar-refractivity contribution >= 4 is 5.69 Å². The zero-order valence-corrected chi connectivity index (χ0v) is 11.9. The minimum Gasteiger partial charge on any atom is -0.378 e. The molecule has 2 saturated heterocycles. The number of rotatable bonds is 4. The first-order valence-corrected chi connectivity index (χ1v) is 7.35. The van der Waals surface area contributed by atoms with E-state index in [9.17, 15) is 10.1 Å². The molecule has 2 fully saturated rings. The maximum Gasteiger partial charge on any atom is 0.269 e. The molecule has 6 heteroatoms. The van der Waals surface area contributed by atoms with E-state index in [1.807, 2.05) is 0 Å². The fourth-order valence-electron chi connectivity index (χ4n) is 3.06. The Balaban J connectivity index is 1.53. The van der Waals surface area contributed by atoms with Gasteiger partial charge in [-0.3, -0.25) is 10.1 Å². The van der Waals surface area contributed by atoms with Gasteiger partial charge in [-0.2, -0.15) is 0 Å². The average Bonchev–Trinajstić information content (AvgIpc) is 2.93. The van der Waals surface area contributed by atoms with Crippen molar-refractivity contribution in [2.75, 3.05) is 19.8 Å². The molecule has 0 aliphatic carbocycles. The van der Waals surface area contributed by atoms with Crippen LogP contribution in [-0.2, 0) is 16.0 Å². The first-order valence-electron chi connectivity index (χ1n) is 7.35. The molecule has 0 radical (unpaired) electrons. The number of nitro benzene ring substituents is 1. The van der Waals surface area contributed by atoms with Crippen LogP contribution in [0.4, 0.5) is 5.69 Å². The Bertz CT molecular complexity index is 497. The van der Waals surface area contributed by atoms with Crippen molar-refractivity contribution in [2.45, 2.75) is 37.5 Å². The van der Waals surface area contributed by atoms with E-state index in [-0.39, 0.29) is 16.2 Å². The van der Waals surface area contributed by atoms with E-state index in [2.05, 4.69) is 5.32 Å². The van der Waals surface area contributed by atoms with Gasteiger partial charge in [-0.05, 0) is 18.4 Å². The normalized spacial score (nSPS) is 28.9. The van der Waals surface area contributed by atoms with Crippen LogP contribution in [0.15, 0.2) is 24.3 Å². The summed E-state index contributed by atoms with van der Waals surface area (Å²) in [4.78, 5) is 10.2. The van der Waals surface area contributed by atoms with Crippen LogP contribution >= 0.6 is 0 Å². The van der Waals surface area contributed by atoms with Crippen LogP contribution in [0.2, 0.25) is 0 Å². The van der Waals surface area contributed by atoms with Crippen LogP contribution in [-0.4, -0.2) is 36.4 Å². The Morgan fingerprint density at radius 2 is 2.14 bits per heavy atom. The van der Waals surface area contributed by atoms with Gasteiger partial charge < -0.3 is 14.8 Å². The summed E-state index contributed by atoms with van der Waals surface area (Å²) in [5.41, 5.74) is 1.10. The third kappa shape index (κ3) is 3.40. The van der Waals surface area contributed by atoms with Crippen LogP contribution in [0.5, 0.6) is 0 Å². The molecule has 2 atom stereocenters. The molecular formula is C15H20N2O4. The van der Waals surface area contributed by atoms with Crippen LogP contribution in [0.25, 0.3) is 0 Å². The second-order valence-electron chi connectivity index (χ2n) is 5.83. The molecule has 2 heterocycles. The summed E-state index contributed by atoms with van der Waals surface area (Å²) in [6.07, 6.45) is 2.94. The lowest BCUT2D eigenvalue weighted by Crippen LogP contribution is -2.47. The number of nitro groups is 1. The minimum absolute atomic E-state index is 0.0919. The third-order valence-corrected chi connectivity index (χ3v) is 4.30. The highest BCUT2D eigenvalue weighted by molar-refractivity contribution is 5.32. The van der Waals surface area contributed by atoms with Gasteiger partial charge in [-0.15, -0.1) is 0 Å². The highest BCUT2D eigenvalue weighted by Crippen LogP contribution is 2.32. The lowest BCUT2D eigenvalue weighted by molar-refractivity contribution is -0.384. The molecule has 2 aliphatic heterocycles. The van der Waals surface area contributed by atoms with Gasteiger partial charge in [0.25, 0.3) is 5.69 Å². The molecule has 0 aromatic heterocycles. The number of nitrogens with zero attached hydrogens (tertiary/aromatic N) is 1. The molecule has 0 amide bonds. The quantitative estimate of drug-likeness (QED) is 0.679. The standard InChI is InChI=1S/C15H20N2O4/c18-17(19)14-3-1-12(2-4-14)10-16-13-5-7-21-15(9-13)6-8-20-11-15/h1-4,13,16H,5-11H2. The first-order chi connectivity index (χ1) is 10.2. The number of benzene rings is 1. The lowest BCUT2D eigenvalue weighted by Gasteiger charge is -2.37. The van der Waals surface area contributed by atoms with Gasteiger partial charge in [0.2, 0.25) is 0 Å². The molecule has 1 N–H and O–H groups in total. The van der Waals surface area contributed by atoms with E-state index in [4.69, 9.17) is 9.47 Å². The SMILES string of the molecule is O=[N+]([O-])c1ccc(CNC2CCOC3(CCOC3)C2)cc1. The van der Waals surface area contributed by atoms with Gasteiger partial charge in [0.15, 0.2) is 0 Å². The number of non-ortho nitro benzene ring substituents is 1. The molecule has 2 aliphatic rings. The van der Waals surface area contributed by atoms with Gasteiger partial charge in [0, 0.05) is 44.4 Å². The summed E-state index contributed by atoms with van der Waals surface area (Å²) in [5.74, 6) is 0. The Morgan fingerprint density at radius 1 is 1.33 bits per heavy atom. The number of ether oxygens (including phenoxy) is 2. The molecule has 1 aromatic carbocycles. The zero-order valence-electron chi connectivity index (χ0n) is 11.9. The van der Waals surface area contributed by atoms with Crippen molar-refractivity contribution in [2.24, 2.45) is 0 Å². The molecule has 1 spiro atoms. The third-order valence-electron chi connectivity index (χ3n) is 4.30. The van der Waals surface area contributed by atoms with Crippen molar-refractivity contribution in [3.05, 3.63) is 39.9 Å². The largest absolute Gasteiger partial charge is 0.378 e. The summed E-state index contributed by atoms with van der Waals surface area (Å²) in [6.45, 7) is 2.97. The number of hydrogen-bond donors (Lipinski definition) is 1. The van der Waals surface area contributed by atoms with Crippen molar-refractivity contribution in [1.82, 2.24) is 5.32 Å². The topological polar surface area (TPSA) is 73.6 Å². The number of nitrogens with one attached hydrogen (secondary N) is 1. The fourth-order valence-corrected chi connectivity index (χ4v) is 3.06. The minimum atomic E-state index is -0.375. The van der Waals surface area contributed by atoms with E-state index in [0.717, 1.165) is 44.6 Å².